The Bertz CT molecular complexity index is 584. The molecule has 0 saturated heterocycles. The molecule has 2 N–H and O–H groups in total. The standard InChI is InChI=1S/C16H21N3O/c1-4-19(13-8-6-7-12(3)11-13)15-10-9-14(17)16(18-15)20-5-2/h6-11H,4-5,17H2,1-3H3. The van der Waals surface area contributed by atoms with Gasteiger partial charge in [0.2, 0.25) is 5.88 Å². The number of ether oxygens (including phenoxy) is 1. The number of nitrogen functional groups attached to an aromatic ring is 1. The van der Waals surface area contributed by atoms with Crippen molar-refractivity contribution >= 4 is 17.2 Å². The van der Waals surface area contributed by atoms with E-state index in [0.29, 0.717) is 18.2 Å². The molecule has 106 valence electrons. The number of hydrogen-bond donors (Lipinski definition) is 1. The Labute approximate surface area is 120 Å². The average molecular weight is 271 g/mol. The van der Waals surface area contributed by atoms with Gasteiger partial charge in [0, 0.05) is 12.2 Å². The summed E-state index contributed by atoms with van der Waals surface area (Å²) in [5.41, 5.74) is 8.78. The van der Waals surface area contributed by atoms with Gasteiger partial charge in [0.1, 0.15) is 5.82 Å². The number of benzene rings is 1. The molecule has 1 aromatic carbocycles. The van der Waals surface area contributed by atoms with E-state index in [1.54, 1.807) is 0 Å². The second kappa shape index (κ2) is 6.28. The maximum atomic E-state index is 5.87. The minimum atomic E-state index is 0.496. The monoisotopic (exact) mass is 271 g/mol. The first-order valence-electron chi connectivity index (χ1n) is 6.89. The number of pyridine rings is 1. The molecule has 0 unspecified atom stereocenters. The van der Waals surface area contributed by atoms with Gasteiger partial charge in [0.25, 0.3) is 0 Å². The third-order valence-corrected chi connectivity index (χ3v) is 3.06. The lowest BCUT2D eigenvalue weighted by Crippen LogP contribution is -2.18. The molecule has 4 nitrogen and oxygen atoms in total. The molecule has 0 aliphatic carbocycles. The van der Waals surface area contributed by atoms with Crippen LogP contribution in [-0.2, 0) is 0 Å². The molecule has 2 rings (SSSR count). The van der Waals surface area contributed by atoms with Gasteiger partial charge in [-0.1, -0.05) is 12.1 Å². The molecule has 0 aliphatic rings. The molecule has 0 aliphatic heterocycles. The number of aromatic nitrogens is 1. The fourth-order valence-electron chi connectivity index (χ4n) is 2.12. The fourth-order valence-corrected chi connectivity index (χ4v) is 2.12. The Morgan fingerprint density at radius 3 is 2.65 bits per heavy atom. The van der Waals surface area contributed by atoms with Crippen molar-refractivity contribution in [2.24, 2.45) is 0 Å². The highest BCUT2D eigenvalue weighted by atomic mass is 16.5. The van der Waals surface area contributed by atoms with E-state index >= 15 is 0 Å². The van der Waals surface area contributed by atoms with Gasteiger partial charge in [-0.15, -0.1) is 0 Å². The molecule has 0 saturated carbocycles. The lowest BCUT2D eigenvalue weighted by molar-refractivity contribution is 0.329. The highest BCUT2D eigenvalue weighted by Gasteiger charge is 2.11. The Morgan fingerprint density at radius 2 is 2.00 bits per heavy atom. The zero-order valence-corrected chi connectivity index (χ0v) is 12.3. The van der Waals surface area contributed by atoms with E-state index in [-0.39, 0.29) is 0 Å². The Kier molecular flexibility index (Phi) is 4.45. The van der Waals surface area contributed by atoms with Crippen molar-refractivity contribution < 1.29 is 4.74 Å². The number of hydrogen-bond acceptors (Lipinski definition) is 4. The van der Waals surface area contributed by atoms with E-state index in [1.807, 2.05) is 25.1 Å². The molecule has 0 spiro atoms. The van der Waals surface area contributed by atoms with Gasteiger partial charge >= 0.3 is 0 Å². The predicted molar refractivity (Wildman–Crippen MR) is 83.7 cm³/mol. The van der Waals surface area contributed by atoms with Crippen molar-refractivity contribution in [3.63, 3.8) is 0 Å². The summed E-state index contributed by atoms with van der Waals surface area (Å²) in [6.07, 6.45) is 0. The van der Waals surface area contributed by atoms with Crippen molar-refractivity contribution in [1.29, 1.82) is 0 Å². The van der Waals surface area contributed by atoms with Crippen LogP contribution in [0.2, 0.25) is 0 Å². The Balaban J connectivity index is 2.39. The summed E-state index contributed by atoms with van der Waals surface area (Å²) >= 11 is 0. The van der Waals surface area contributed by atoms with Gasteiger partial charge in [0.05, 0.1) is 12.3 Å². The molecule has 0 amide bonds. The van der Waals surface area contributed by atoms with Crippen molar-refractivity contribution in [3.8, 4) is 5.88 Å². The lowest BCUT2D eigenvalue weighted by Gasteiger charge is -2.23. The second-order valence-electron chi connectivity index (χ2n) is 4.58. The summed E-state index contributed by atoms with van der Waals surface area (Å²) in [6, 6.07) is 12.1. The number of rotatable bonds is 5. The van der Waals surface area contributed by atoms with Crippen LogP contribution < -0.4 is 15.4 Å². The van der Waals surface area contributed by atoms with E-state index in [0.717, 1.165) is 18.1 Å². The highest BCUT2D eigenvalue weighted by Crippen LogP contribution is 2.28. The van der Waals surface area contributed by atoms with E-state index < -0.39 is 0 Å². The van der Waals surface area contributed by atoms with Crippen LogP contribution in [0, 0.1) is 6.92 Å². The van der Waals surface area contributed by atoms with Gasteiger partial charge in [0.15, 0.2) is 0 Å². The highest BCUT2D eigenvalue weighted by molar-refractivity contribution is 5.63. The van der Waals surface area contributed by atoms with Crippen molar-refractivity contribution in [2.45, 2.75) is 20.8 Å². The minimum Gasteiger partial charge on any atom is -0.476 e. The van der Waals surface area contributed by atoms with Crippen LogP contribution in [-0.4, -0.2) is 18.1 Å². The minimum absolute atomic E-state index is 0.496. The first-order valence-corrected chi connectivity index (χ1v) is 6.89. The zero-order valence-electron chi connectivity index (χ0n) is 12.3. The molecule has 0 radical (unpaired) electrons. The SMILES string of the molecule is CCOc1nc(N(CC)c2cccc(C)c2)ccc1N. The molecule has 20 heavy (non-hydrogen) atoms. The van der Waals surface area contributed by atoms with Gasteiger partial charge in [-0.05, 0) is 50.6 Å². The average Bonchev–Trinajstić information content (AvgIpc) is 2.43. The fraction of sp³-hybridized carbons (Fsp3) is 0.312. The first kappa shape index (κ1) is 14.2. The van der Waals surface area contributed by atoms with Gasteiger partial charge in [-0.25, -0.2) is 0 Å². The number of aryl methyl sites for hydroxylation is 1. The van der Waals surface area contributed by atoms with Gasteiger partial charge in [-0.2, -0.15) is 4.98 Å². The molecule has 0 fully saturated rings. The lowest BCUT2D eigenvalue weighted by atomic mass is 10.2. The topological polar surface area (TPSA) is 51.4 Å². The van der Waals surface area contributed by atoms with Crippen LogP contribution in [0.4, 0.5) is 17.2 Å². The third-order valence-electron chi connectivity index (χ3n) is 3.06. The maximum Gasteiger partial charge on any atom is 0.239 e. The first-order chi connectivity index (χ1) is 9.65. The van der Waals surface area contributed by atoms with Crippen LogP contribution >= 0.6 is 0 Å². The molecule has 0 bridgehead atoms. The van der Waals surface area contributed by atoms with Crippen LogP contribution in [0.3, 0.4) is 0 Å². The second-order valence-corrected chi connectivity index (χ2v) is 4.58. The van der Waals surface area contributed by atoms with Gasteiger partial charge < -0.3 is 15.4 Å². The summed E-state index contributed by atoms with van der Waals surface area (Å²) in [6.45, 7) is 7.48. The van der Waals surface area contributed by atoms with Crippen molar-refractivity contribution in [1.82, 2.24) is 4.98 Å². The zero-order chi connectivity index (χ0) is 14.5. The van der Waals surface area contributed by atoms with Crippen LogP contribution in [0.15, 0.2) is 36.4 Å². The summed E-state index contributed by atoms with van der Waals surface area (Å²) in [7, 11) is 0. The number of anilines is 3. The van der Waals surface area contributed by atoms with E-state index in [9.17, 15) is 0 Å². The summed E-state index contributed by atoms with van der Waals surface area (Å²) in [5, 5.41) is 0. The number of nitrogens with zero attached hydrogens (tertiary/aromatic N) is 2. The Morgan fingerprint density at radius 1 is 1.20 bits per heavy atom. The normalized spacial score (nSPS) is 10.3. The Hall–Kier alpha value is -2.23. The molecule has 1 heterocycles. The smallest absolute Gasteiger partial charge is 0.239 e. The molecule has 1 aromatic heterocycles. The quantitative estimate of drug-likeness (QED) is 0.904. The van der Waals surface area contributed by atoms with Gasteiger partial charge in [-0.3, -0.25) is 0 Å². The molecule has 0 atom stereocenters. The molecule has 4 heteroatoms. The van der Waals surface area contributed by atoms with E-state index in [2.05, 4.69) is 41.9 Å². The predicted octanol–water partition coefficient (Wildman–Crippen LogP) is 3.53. The maximum absolute atomic E-state index is 5.87. The summed E-state index contributed by atoms with van der Waals surface area (Å²) < 4.78 is 5.47. The summed E-state index contributed by atoms with van der Waals surface area (Å²) in [4.78, 5) is 6.65. The number of nitrogens with two attached hydrogens (primary N) is 1. The third kappa shape index (κ3) is 3.02. The van der Waals surface area contributed by atoms with E-state index in [1.165, 1.54) is 5.56 Å². The van der Waals surface area contributed by atoms with Crippen molar-refractivity contribution in [2.75, 3.05) is 23.8 Å². The van der Waals surface area contributed by atoms with E-state index in [4.69, 9.17) is 10.5 Å². The van der Waals surface area contributed by atoms with Crippen LogP contribution in [0.25, 0.3) is 0 Å². The van der Waals surface area contributed by atoms with Crippen LogP contribution in [0.5, 0.6) is 5.88 Å². The summed E-state index contributed by atoms with van der Waals surface area (Å²) in [5.74, 6) is 1.34. The molecule has 2 aromatic rings. The largest absolute Gasteiger partial charge is 0.476 e. The molecular formula is C16H21N3O. The van der Waals surface area contributed by atoms with Crippen molar-refractivity contribution in [3.05, 3.63) is 42.0 Å². The van der Waals surface area contributed by atoms with Crippen LogP contribution in [0.1, 0.15) is 19.4 Å². The molecular weight excluding hydrogens is 250 g/mol.